The number of hydrogen-bond donors (Lipinski definition) is 1. The minimum atomic E-state index is -0.411. The van der Waals surface area contributed by atoms with Gasteiger partial charge >= 0.3 is 0 Å². The third-order valence-corrected chi connectivity index (χ3v) is 5.40. The summed E-state index contributed by atoms with van der Waals surface area (Å²) >= 11 is 7.06. The van der Waals surface area contributed by atoms with Crippen LogP contribution in [0.3, 0.4) is 0 Å². The Kier molecular flexibility index (Phi) is 6.30. The molecule has 0 saturated carbocycles. The van der Waals surface area contributed by atoms with Crippen LogP contribution in [0.1, 0.15) is 32.1 Å². The van der Waals surface area contributed by atoms with Crippen molar-refractivity contribution in [3.63, 3.8) is 0 Å². The van der Waals surface area contributed by atoms with E-state index in [4.69, 9.17) is 12.2 Å². The van der Waals surface area contributed by atoms with Crippen molar-refractivity contribution >= 4 is 45.2 Å². The fourth-order valence-corrected chi connectivity index (χ4v) is 3.96. The average Bonchev–Trinajstić information content (AvgIpc) is 3.17. The summed E-state index contributed by atoms with van der Waals surface area (Å²) in [6.07, 6.45) is 9.75. The molecule has 0 unspecified atom stereocenters. The molecule has 1 aliphatic rings. The van der Waals surface area contributed by atoms with Gasteiger partial charge in [0.05, 0.1) is 4.92 Å². The normalized spacial score (nSPS) is 13.8. The number of nitro groups is 1. The van der Waals surface area contributed by atoms with Crippen molar-refractivity contribution < 1.29 is 4.92 Å². The molecular weight excluding hydrogens is 368 g/mol. The Morgan fingerprint density at radius 2 is 2.23 bits per heavy atom. The highest BCUT2D eigenvalue weighted by molar-refractivity contribution is 7.80. The highest BCUT2D eigenvalue weighted by atomic mass is 32.1. The van der Waals surface area contributed by atoms with Crippen LogP contribution in [0.4, 0.5) is 16.5 Å². The summed E-state index contributed by atoms with van der Waals surface area (Å²) in [5.74, 6) is 0. The Hall–Kier alpha value is -2.32. The molecule has 136 valence electrons. The Balaban J connectivity index is 1.75. The van der Waals surface area contributed by atoms with E-state index in [1.807, 2.05) is 10.3 Å². The highest BCUT2D eigenvalue weighted by Crippen LogP contribution is 2.27. The number of allylic oxidation sites excluding steroid dienone is 1. The van der Waals surface area contributed by atoms with E-state index >= 15 is 0 Å². The highest BCUT2D eigenvalue weighted by Gasteiger charge is 2.19. The number of thiazole rings is 1. The van der Waals surface area contributed by atoms with Gasteiger partial charge in [0.1, 0.15) is 5.69 Å². The second-order valence-corrected chi connectivity index (χ2v) is 7.29. The van der Waals surface area contributed by atoms with Crippen molar-refractivity contribution in [3.05, 3.63) is 57.6 Å². The standard InChI is InChI=1S/C18H20N4O2S2/c23-22(24)16-9-5-4-8-15(16)20-17(25)21(18-19-11-13-26-18)12-10-14-6-2-1-3-7-14/h4-6,8-9,11,13H,1-3,7,10,12H2,(H,20,25). The summed E-state index contributed by atoms with van der Waals surface area (Å²) in [6.45, 7) is 0.700. The number of hydrogen-bond acceptors (Lipinski definition) is 5. The van der Waals surface area contributed by atoms with E-state index in [-0.39, 0.29) is 5.69 Å². The van der Waals surface area contributed by atoms with E-state index in [0.717, 1.165) is 24.4 Å². The summed E-state index contributed by atoms with van der Waals surface area (Å²) in [7, 11) is 0. The number of nitrogens with one attached hydrogen (secondary N) is 1. The van der Waals surface area contributed by atoms with Gasteiger partial charge in [-0.15, -0.1) is 11.3 Å². The van der Waals surface area contributed by atoms with Crippen LogP contribution in [0, 0.1) is 10.1 Å². The number of nitrogens with zero attached hydrogens (tertiary/aromatic N) is 3. The van der Waals surface area contributed by atoms with Gasteiger partial charge in [0.2, 0.25) is 0 Å². The van der Waals surface area contributed by atoms with Crippen LogP contribution in [-0.2, 0) is 0 Å². The molecule has 1 aromatic carbocycles. The van der Waals surface area contributed by atoms with Crippen molar-refractivity contribution in [2.75, 3.05) is 16.8 Å². The van der Waals surface area contributed by atoms with Gasteiger partial charge < -0.3 is 5.32 Å². The molecule has 0 saturated heterocycles. The molecule has 1 aromatic heterocycles. The van der Waals surface area contributed by atoms with Gasteiger partial charge in [-0.05, 0) is 50.4 Å². The number of rotatable bonds is 6. The predicted molar refractivity (Wildman–Crippen MR) is 110 cm³/mol. The van der Waals surface area contributed by atoms with Crippen LogP contribution in [0.2, 0.25) is 0 Å². The minimum Gasteiger partial charge on any atom is -0.327 e. The van der Waals surface area contributed by atoms with Crippen molar-refractivity contribution in [2.24, 2.45) is 0 Å². The lowest BCUT2D eigenvalue weighted by Crippen LogP contribution is -2.36. The van der Waals surface area contributed by atoms with E-state index in [2.05, 4.69) is 16.4 Å². The van der Waals surface area contributed by atoms with Crippen LogP contribution in [0.25, 0.3) is 0 Å². The molecule has 1 heterocycles. The summed E-state index contributed by atoms with van der Waals surface area (Å²) in [5.41, 5.74) is 1.84. The molecule has 2 aromatic rings. The number of anilines is 2. The molecule has 3 rings (SSSR count). The fourth-order valence-electron chi connectivity index (χ4n) is 2.94. The van der Waals surface area contributed by atoms with Gasteiger partial charge in [-0.1, -0.05) is 23.8 Å². The Morgan fingerprint density at radius 1 is 1.38 bits per heavy atom. The SMILES string of the molecule is O=[N+]([O-])c1ccccc1NC(=S)N(CCC1=CCCCC1)c1nccs1. The molecule has 1 N–H and O–H groups in total. The molecule has 1 aliphatic carbocycles. The summed E-state index contributed by atoms with van der Waals surface area (Å²) < 4.78 is 0. The zero-order valence-electron chi connectivity index (χ0n) is 14.3. The monoisotopic (exact) mass is 388 g/mol. The first-order valence-electron chi connectivity index (χ1n) is 8.54. The smallest absolute Gasteiger partial charge is 0.292 e. The lowest BCUT2D eigenvalue weighted by molar-refractivity contribution is -0.383. The van der Waals surface area contributed by atoms with E-state index in [0.29, 0.717) is 17.3 Å². The van der Waals surface area contributed by atoms with E-state index < -0.39 is 4.92 Å². The van der Waals surface area contributed by atoms with Crippen molar-refractivity contribution in [1.29, 1.82) is 0 Å². The van der Waals surface area contributed by atoms with Crippen LogP contribution < -0.4 is 10.2 Å². The quantitative estimate of drug-likeness (QED) is 0.319. The predicted octanol–water partition coefficient (Wildman–Crippen LogP) is 5.15. The van der Waals surface area contributed by atoms with Crippen molar-refractivity contribution in [3.8, 4) is 0 Å². The number of benzene rings is 1. The van der Waals surface area contributed by atoms with Crippen LogP contribution in [0.5, 0.6) is 0 Å². The lowest BCUT2D eigenvalue weighted by Gasteiger charge is -2.24. The van der Waals surface area contributed by atoms with Crippen LogP contribution >= 0.6 is 23.6 Å². The summed E-state index contributed by atoms with van der Waals surface area (Å²) in [6, 6.07) is 6.51. The third kappa shape index (κ3) is 4.64. The van der Waals surface area contributed by atoms with Gasteiger partial charge in [-0.3, -0.25) is 15.0 Å². The first kappa shape index (κ1) is 18.5. The minimum absolute atomic E-state index is 0.00364. The van der Waals surface area contributed by atoms with Gasteiger partial charge in [0.25, 0.3) is 5.69 Å². The summed E-state index contributed by atoms with van der Waals surface area (Å²) in [4.78, 5) is 17.1. The molecule has 0 atom stereocenters. The van der Waals surface area contributed by atoms with Gasteiger partial charge in [-0.25, -0.2) is 4.98 Å². The molecule has 0 amide bonds. The zero-order valence-corrected chi connectivity index (χ0v) is 15.9. The molecule has 8 heteroatoms. The maximum atomic E-state index is 11.2. The largest absolute Gasteiger partial charge is 0.327 e. The van der Waals surface area contributed by atoms with Gasteiger partial charge in [0.15, 0.2) is 10.2 Å². The second kappa shape index (κ2) is 8.86. The fraction of sp³-hybridized carbons (Fsp3) is 0.333. The van der Waals surface area contributed by atoms with E-state index in [1.165, 1.54) is 35.8 Å². The number of thiocarbonyl (C=S) groups is 1. The molecule has 26 heavy (non-hydrogen) atoms. The van der Waals surface area contributed by atoms with Gasteiger partial charge in [-0.2, -0.15) is 0 Å². The summed E-state index contributed by atoms with van der Waals surface area (Å²) in [5, 5.41) is 17.4. The van der Waals surface area contributed by atoms with Gasteiger partial charge in [0, 0.05) is 24.2 Å². The molecular formula is C18H20N4O2S2. The molecule has 0 fully saturated rings. The molecule has 0 spiro atoms. The van der Waals surface area contributed by atoms with Crippen molar-refractivity contribution in [2.45, 2.75) is 32.1 Å². The first-order valence-corrected chi connectivity index (χ1v) is 9.83. The van der Waals surface area contributed by atoms with Crippen LogP contribution in [-0.4, -0.2) is 21.6 Å². The molecule has 0 bridgehead atoms. The van der Waals surface area contributed by atoms with Crippen molar-refractivity contribution in [1.82, 2.24) is 4.98 Å². The Morgan fingerprint density at radius 3 is 2.92 bits per heavy atom. The lowest BCUT2D eigenvalue weighted by atomic mass is 9.97. The Labute approximate surface area is 161 Å². The van der Waals surface area contributed by atoms with E-state index in [1.54, 1.807) is 24.4 Å². The maximum Gasteiger partial charge on any atom is 0.292 e. The number of nitro benzene ring substituents is 1. The third-order valence-electron chi connectivity index (χ3n) is 4.28. The first-order chi connectivity index (χ1) is 12.6. The average molecular weight is 389 g/mol. The zero-order chi connectivity index (χ0) is 18.4. The Bertz CT molecular complexity index is 805. The topological polar surface area (TPSA) is 71.3 Å². The molecule has 0 radical (unpaired) electrons. The second-order valence-electron chi connectivity index (χ2n) is 6.03. The molecule has 6 nitrogen and oxygen atoms in total. The molecule has 0 aliphatic heterocycles. The number of aromatic nitrogens is 1. The van der Waals surface area contributed by atoms with Crippen LogP contribution in [0.15, 0.2) is 47.5 Å². The van der Waals surface area contributed by atoms with E-state index in [9.17, 15) is 10.1 Å². The number of para-hydroxylation sites is 2. The maximum absolute atomic E-state index is 11.2.